The maximum Gasteiger partial charge on any atom is 0.191 e. The Morgan fingerprint density at radius 1 is 0.786 bits per heavy atom. The van der Waals surface area contributed by atoms with Gasteiger partial charge in [0.05, 0.1) is 0 Å². The van der Waals surface area contributed by atoms with Crippen LogP contribution in [0.25, 0.3) is 0 Å². The van der Waals surface area contributed by atoms with Crippen LogP contribution < -0.4 is 0 Å². The lowest BCUT2D eigenvalue weighted by Crippen LogP contribution is -2.41. The molecule has 0 aromatic carbocycles. The van der Waals surface area contributed by atoms with E-state index in [9.17, 15) is 5.11 Å². The van der Waals surface area contributed by atoms with Crippen molar-refractivity contribution in [2.24, 2.45) is 59.2 Å². The number of hydrogen-bond donors (Lipinski definition) is 1. The second-order valence-corrected chi connectivity index (χ2v) is 17.5. The Kier molecular flexibility index (Phi) is 4.73. The smallest absolute Gasteiger partial charge is 0.191 e. The average Bonchev–Trinajstić information content (AvgIpc) is 3.47. The molecule has 0 radical (unpaired) electrons. The van der Waals surface area contributed by atoms with E-state index in [0.717, 1.165) is 54.0 Å². The van der Waals surface area contributed by atoms with Crippen LogP contribution in [0.4, 0.5) is 0 Å². The zero-order chi connectivity index (χ0) is 19.8. The Hall–Kier alpha value is -0.123. The first-order valence-electron chi connectivity index (χ1n) is 12.1. The zero-order valence-electron chi connectivity index (χ0n) is 18.7. The minimum atomic E-state index is -1.56. The molecule has 0 heterocycles. The fourth-order valence-corrected chi connectivity index (χ4v) is 6.97. The highest BCUT2D eigenvalue weighted by molar-refractivity contribution is 6.74. The third-order valence-corrected chi connectivity index (χ3v) is 14.1. The van der Waals surface area contributed by atoms with Gasteiger partial charge in [-0.2, -0.15) is 0 Å². The van der Waals surface area contributed by atoms with Crippen molar-refractivity contribution < 1.29 is 9.53 Å². The summed E-state index contributed by atoms with van der Waals surface area (Å²) in [6, 6.07) is 0. The summed E-state index contributed by atoms with van der Waals surface area (Å²) in [5, 5.41) is 9.51. The van der Waals surface area contributed by atoms with Gasteiger partial charge in [-0.05, 0) is 109 Å². The van der Waals surface area contributed by atoms with Crippen LogP contribution in [-0.2, 0) is 4.43 Å². The molecule has 1 N–H and O–H groups in total. The second-order valence-electron chi connectivity index (χ2n) is 12.6. The van der Waals surface area contributed by atoms with Gasteiger partial charge in [0.2, 0.25) is 0 Å². The number of aliphatic hydroxyl groups excluding tert-OH is 1. The molecule has 158 valence electrons. The Balaban J connectivity index is 1.01. The topological polar surface area (TPSA) is 29.5 Å². The van der Waals surface area contributed by atoms with Gasteiger partial charge < -0.3 is 9.53 Å². The van der Waals surface area contributed by atoms with Gasteiger partial charge in [-0.3, -0.25) is 0 Å². The minimum Gasteiger partial charge on any atom is -0.417 e. The fourth-order valence-electron chi connectivity index (χ4n) is 5.91. The average molecular weight is 403 g/mol. The van der Waals surface area contributed by atoms with Gasteiger partial charge in [-0.1, -0.05) is 32.9 Å². The van der Waals surface area contributed by atoms with Crippen molar-refractivity contribution in [3.63, 3.8) is 0 Å². The van der Waals surface area contributed by atoms with Crippen molar-refractivity contribution in [1.82, 2.24) is 0 Å². The van der Waals surface area contributed by atoms with Crippen LogP contribution in [0.5, 0.6) is 0 Å². The molecule has 3 heteroatoms. The molecule has 0 spiro atoms. The highest BCUT2D eigenvalue weighted by Crippen LogP contribution is 2.70. The Morgan fingerprint density at radius 3 is 2.00 bits per heavy atom. The predicted octanol–water partition coefficient (Wildman–Crippen LogP) is 5.74. The van der Waals surface area contributed by atoms with E-state index in [2.05, 4.69) is 46.0 Å². The lowest BCUT2D eigenvalue weighted by atomic mass is 10.1. The van der Waals surface area contributed by atoms with Crippen molar-refractivity contribution >= 4 is 8.32 Å². The monoisotopic (exact) mass is 402 g/mol. The zero-order valence-corrected chi connectivity index (χ0v) is 19.7. The summed E-state index contributed by atoms with van der Waals surface area (Å²) in [5.41, 5.74) is 0. The van der Waals surface area contributed by atoms with Gasteiger partial charge in [0.25, 0.3) is 0 Å². The SMILES string of the molecule is CC(C)(C)[Si](C)(C)OC[C@@H]1C[C@H]1[C@@H]1C[C@H]1[C@@H]1C[C@H]1[C@@H]1C[C@H]1/C=C/[C@@H]1C[C@H]1CO. The summed E-state index contributed by atoms with van der Waals surface area (Å²) in [6.07, 6.45) is 12.2. The molecule has 5 saturated carbocycles. The predicted molar refractivity (Wildman–Crippen MR) is 117 cm³/mol. The van der Waals surface area contributed by atoms with E-state index in [1.54, 1.807) is 0 Å². The highest BCUT2D eigenvalue weighted by atomic mass is 28.4. The van der Waals surface area contributed by atoms with Crippen molar-refractivity contribution in [1.29, 1.82) is 0 Å². The number of rotatable bonds is 9. The molecule has 0 aromatic heterocycles. The number of aliphatic hydroxyl groups is 1. The van der Waals surface area contributed by atoms with Gasteiger partial charge in [0, 0.05) is 13.2 Å². The van der Waals surface area contributed by atoms with Crippen LogP contribution in [0.3, 0.4) is 0 Å². The van der Waals surface area contributed by atoms with Crippen LogP contribution in [0.2, 0.25) is 18.1 Å². The summed E-state index contributed by atoms with van der Waals surface area (Å²) in [7, 11) is -1.56. The molecule has 5 aliphatic carbocycles. The molecular formula is C25H42O2Si. The summed E-state index contributed by atoms with van der Waals surface area (Å²) in [4.78, 5) is 0. The van der Waals surface area contributed by atoms with Gasteiger partial charge in [0.15, 0.2) is 8.32 Å². The molecule has 0 saturated heterocycles. The number of hydrogen-bond acceptors (Lipinski definition) is 2. The molecule has 5 aliphatic rings. The Labute approximate surface area is 173 Å². The fraction of sp³-hybridized carbons (Fsp3) is 0.920. The third kappa shape index (κ3) is 3.92. The summed E-state index contributed by atoms with van der Waals surface area (Å²) in [6.45, 7) is 13.3. The van der Waals surface area contributed by atoms with Crippen molar-refractivity contribution in [2.75, 3.05) is 13.2 Å². The summed E-state index contributed by atoms with van der Waals surface area (Å²) in [5.74, 6) is 9.39. The lowest BCUT2D eigenvalue weighted by Gasteiger charge is -2.36. The van der Waals surface area contributed by atoms with E-state index in [1.807, 2.05) is 0 Å². The van der Waals surface area contributed by atoms with Crippen LogP contribution in [0, 0.1) is 59.2 Å². The standard InChI is InChI=1S/C25H42O2Si/c1-25(2,3)28(4,5)27-14-18-10-20(18)22-12-24(22)23-11-21(23)19-9-16(19)7-6-15-8-17(15)13-26/h6-7,15-24,26H,8-14H2,1-5H3/b7-6+/t15-,16-,17+,18+,19-,20-,21+,22+,23-,24-/m1/s1. The molecule has 0 aliphatic heterocycles. The molecule has 0 unspecified atom stereocenters. The van der Waals surface area contributed by atoms with Crippen LogP contribution in [-0.4, -0.2) is 26.6 Å². The first-order chi connectivity index (χ1) is 13.2. The van der Waals surface area contributed by atoms with Crippen LogP contribution in [0.1, 0.15) is 52.9 Å². The summed E-state index contributed by atoms with van der Waals surface area (Å²) >= 11 is 0. The molecular weight excluding hydrogens is 360 g/mol. The van der Waals surface area contributed by atoms with Crippen molar-refractivity contribution in [3.05, 3.63) is 12.2 Å². The highest BCUT2D eigenvalue weighted by Gasteiger charge is 2.63. The van der Waals surface area contributed by atoms with E-state index in [0.29, 0.717) is 23.5 Å². The first-order valence-corrected chi connectivity index (χ1v) is 15.0. The molecule has 0 amide bonds. The van der Waals surface area contributed by atoms with Gasteiger partial charge in [0.1, 0.15) is 0 Å². The molecule has 5 fully saturated rings. The van der Waals surface area contributed by atoms with E-state index in [-0.39, 0.29) is 0 Å². The van der Waals surface area contributed by atoms with Gasteiger partial charge in [-0.25, -0.2) is 0 Å². The van der Waals surface area contributed by atoms with E-state index in [4.69, 9.17) is 4.43 Å². The molecule has 2 nitrogen and oxygen atoms in total. The van der Waals surface area contributed by atoms with Gasteiger partial charge >= 0.3 is 0 Å². The minimum absolute atomic E-state index is 0.342. The lowest BCUT2D eigenvalue weighted by molar-refractivity contribution is 0.261. The van der Waals surface area contributed by atoms with Crippen molar-refractivity contribution in [3.8, 4) is 0 Å². The summed E-state index contributed by atoms with van der Waals surface area (Å²) < 4.78 is 6.50. The van der Waals surface area contributed by atoms with Crippen molar-refractivity contribution in [2.45, 2.75) is 71.0 Å². The Bertz CT molecular complexity index is 635. The maximum atomic E-state index is 9.17. The van der Waals surface area contributed by atoms with E-state index >= 15 is 0 Å². The van der Waals surface area contributed by atoms with Gasteiger partial charge in [-0.15, -0.1) is 0 Å². The van der Waals surface area contributed by atoms with E-state index in [1.165, 1.54) is 32.1 Å². The Morgan fingerprint density at radius 2 is 1.39 bits per heavy atom. The molecule has 0 aromatic rings. The maximum absolute atomic E-state index is 9.17. The largest absolute Gasteiger partial charge is 0.417 e. The van der Waals surface area contributed by atoms with E-state index < -0.39 is 8.32 Å². The second kappa shape index (κ2) is 6.69. The van der Waals surface area contributed by atoms with Crippen LogP contribution >= 0.6 is 0 Å². The third-order valence-electron chi connectivity index (χ3n) is 9.58. The quantitative estimate of drug-likeness (QED) is 0.394. The number of allylic oxidation sites excluding steroid dienone is 2. The molecule has 10 atom stereocenters. The molecule has 5 rings (SSSR count). The first kappa shape index (κ1) is 19.8. The normalized spacial score (nSPS) is 49.4. The molecule has 0 bridgehead atoms. The molecule has 28 heavy (non-hydrogen) atoms. The van der Waals surface area contributed by atoms with Crippen LogP contribution in [0.15, 0.2) is 12.2 Å².